The van der Waals surface area contributed by atoms with E-state index < -0.39 is 15.7 Å². The second-order valence-electron chi connectivity index (χ2n) is 5.67. The molecule has 128 valence electrons. The van der Waals surface area contributed by atoms with Crippen molar-refractivity contribution < 1.29 is 13.2 Å². The monoisotopic (exact) mass is 365 g/mol. The van der Waals surface area contributed by atoms with E-state index in [-0.39, 0.29) is 15.5 Å². The van der Waals surface area contributed by atoms with Crippen LogP contribution in [0.3, 0.4) is 0 Å². The molecule has 0 aliphatic heterocycles. The van der Waals surface area contributed by atoms with Crippen LogP contribution in [0.25, 0.3) is 0 Å². The molecule has 0 heterocycles. The van der Waals surface area contributed by atoms with Crippen molar-refractivity contribution in [2.45, 2.75) is 31.1 Å². The van der Waals surface area contributed by atoms with Crippen molar-refractivity contribution in [1.82, 2.24) is 0 Å². The van der Waals surface area contributed by atoms with Gasteiger partial charge in [0.15, 0.2) is 9.84 Å². The van der Waals surface area contributed by atoms with Gasteiger partial charge in [-0.25, -0.2) is 8.42 Å². The third-order valence-corrected chi connectivity index (χ3v) is 5.08. The van der Waals surface area contributed by atoms with Gasteiger partial charge < -0.3 is 5.32 Å². The van der Waals surface area contributed by atoms with Crippen LogP contribution in [0.15, 0.2) is 47.4 Å². The summed E-state index contributed by atoms with van der Waals surface area (Å²) >= 11 is 6.03. The summed E-state index contributed by atoms with van der Waals surface area (Å²) in [5.41, 5.74) is 1.99. The molecule has 0 aromatic heterocycles. The van der Waals surface area contributed by atoms with Crippen molar-refractivity contribution >= 4 is 33.0 Å². The highest BCUT2D eigenvalue weighted by molar-refractivity contribution is 7.90. The van der Waals surface area contributed by atoms with Gasteiger partial charge in [0.25, 0.3) is 5.91 Å². The zero-order chi connectivity index (χ0) is 17.7. The number of anilines is 1. The zero-order valence-electron chi connectivity index (χ0n) is 13.7. The fraction of sp³-hybridized carbons (Fsp3) is 0.278. The minimum atomic E-state index is -3.40. The van der Waals surface area contributed by atoms with Crippen LogP contribution in [0.4, 0.5) is 5.69 Å². The van der Waals surface area contributed by atoms with Gasteiger partial charge in [0, 0.05) is 11.9 Å². The van der Waals surface area contributed by atoms with Gasteiger partial charge in [0.05, 0.1) is 15.5 Å². The Morgan fingerprint density at radius 2 is 1.79 bits per heavy atom. The van der Waals surface area contributed by atoms with Crippen molar-refractivity contribution in [1.29, 1.82) is 0 Å². The molecule has 0 fully saturated rings. The maximum Gasteiger partial charge on any atom is 0.257 e. The molecule has 0 saturated heterocycles. The average Bonchev–Trinajstić information content (AvgIpc) is 2.53. The van der Waals surface area contributed by atoms with Gasteiger partial charge in [-0.2, -0.15) is 0 Å². The fourth-order valence-corrected chi connectivity index (χ4v) is 3.09. The van der Waals surface area contributed by atoms with Crippen molar-refractivity contribution in [3.8, 4) is 0 Å². The first-order valence-corrected chi connectivity index (χ1v) is 9.98. The standard InChI is InChI=1S/C18H20ClNO3S/c1-3-4-5-13-6-8-14(9-7-13)20-18(21)16-12-15(24(2,22)23)10-11-17(16)19/h6-12H,3-5H2,1-2H3,(H,20,21). The summed E-state index contributed by atoms with van der Waals surface area (Å²) in [6, 6.07) is 11.7. The number of aryl methyl sites for hydroxylation is 1. The smallest absolute Gasteiger partial charge is 0.257 e. The van der Waals surface area contributed by atoms with Gasteiger partial charge in [-0.05, 0) is 48.7 Å². The molecule has 0 aliphatic rings. The number of nitrogens with one attached hydrogen (secondary N) is 1. The Hall–Kier alpha value is -1.85. The number of sulfone groups is 1. The quantitative estimate of drug-likeness (QED) is 0.828. The second kappa shape index (κ2) is 7.81. The Balaban J connectivity index is 2.18. The number of unbranched alkanes of at least 4 members (excludes halogenated alkanes) is 1. The molecule has 6 heteroatoms. The van der Waals surface area contributed by atoms with Gasteiger partial charge in [0.1, 0.15) is 0 Å². The number of hydrogen-bond donors (Lipinski definition) is 1. The first-order valence-electron chi connectivity index (χ1n) is 7.71. The second-order valence-corrected chi connectivity index (χ2v) is 8.09. The SMILES string of the molecule is CCCCc1ccc(NC(=O)c2cc(S(C)(=O)=O)ccc2Cl)cc1. The lowest BCUT2D eigenvalue weighted by Crippen LogP contribution is -2.13. The summed E-state index contributed by atoms with van der Waals surface area (Å²) in [5, 5.41) is 2.95. The van der Waals surface area contributed by atoms with Gasteiger partial charge in [0.2, 0.25) is 0 Å². The molecule has 0 radical (unpaired) electrons. The molecule has 0 saturated carbocycles. The van der Waals surface area contributed by atoms with Crippen LogP contribution in [0.1, 0.15) is 35.7 Å². The number of hydrogen-bond acceptors (Lipinski definition) is 3. The highest BCUT2D eigenvalue weighted by Crippen LogP contribution is 2.22. The van der Waals surface area contributed by atoms with Crippen LogP contribution in [-0.4, -0.2) is 20.6 Å². The minimum absolute atomic E-state index is 0.0620. The van der Waals surface area contributed by atoms with Crippen LogP contribution >= 0.6 is 11.6 Å². The lowest BCUT2D eigenvalue weighted by molar-refractivity contribution is 0.102. The number of halogens is 1. The summed E-state index contributed by atoms with van der Waals surface area (Å²) < 4.78 is 23.3. The van der Waals surface area contributed by atoms with Gasteiger partial charge in [-0.15, -0.1) is 0 Å². The molecule has 2 aromatic carbocycles. The molecular weight excluding hydrogens is 346 g/mol. The van der Waals surface area contributed by atoms with E-state index >= 15 is 0 Å². The van der Waals surface area contributed by atoms with Crippen LogP contribution in [0.5, 0.6) is 0 Å². The third-order valence-electron chi connectivity index (χ3n) is 3.64. The van der Waals surface area contributed by atoms with E-state index in [0.717, 1.165) is 25.5 Å². The summed E-state index contributed by atoms with van der Waals surface area (Å²) in [5.74, 6) is -0.438. The van der Waals surface area contributed by atoms with Crippen molar-refractivity contribution in [2.75, 3.05) is 11.6 Å². The molecule has 1 N–H and O–H groups in total. The van der Waals surface area contributed by atoms with Crippen LogP contribution in [0.2, 0.25) is 5.02 Å². The molecule has 0 atom stereocenters. The maximum absolute atomic E-state index is 12.4. The minimum Gasteiger partial charge on any atom is -0.322 e. The van der Waals surface area contributed by atoms with Gasteiger partial charge in [-0.1, -0.05) is 37.1 Å². The third kappa shape index (κ3) is 4.82. The topological polar surface area (TPSA) is 63.2 Å². The van der Waals surface area contributed by atoms with Crippen LogP contribution in [-0.2, 0) is 16.3 Å². The number of benzene rings is 2. The predicted molar refractivity (Wildman–Crippen MR) is 97.6 cm³/mol. The molecular formula is C18H20ClNO3S. The number of rotatable bonds is 6. The van der Waals surface area contributed by atoms with E-state index in [2.05, 4.69) is 12.2 Å². The van der Waals surface area contributed by atoms with Crippen LogP contribution in [0, 0.1) is 0 Å². The lowest BCUT2D eigenvalue weighted by atomic mass is 10.1. The van der Waals surface area contributed by atoms with Crippen molar-refractivity contribution in [3.63, 3.8) is 0 Å². The largest absolute Gasteiger partial charge is 0.322 e. The van der Waals surface area contributed by atoms with Crippen molar-refractivity contribution in [2.24, 2.45) is 0 Å². The Morgan fingerprint density at radius 1 is 1.12 bits per heavy atom. The molecule has 24 heavy (non-hydrogen) atoms. The Kier molecular flexibility index (Phi) is 6.02. The van der Waals surface area contributed by atoms with E-state index in [1.807, 2.05) is 24.3 Å². The zero-order valence-corrected chi connectivity index (χ0v) is 15.2. The van der Waals surface area contributed by atoms with E-state index in [1.54, 1.807) is 0 Å². The van der Waals surface area contributed by atoms with Gasteiger partial charge >= 0.3 is 0 Å². The molecule has 4 nitrogen and oxygen atoms in total. The predicted octanol–water partition coefficient (Wildman–Crippen LogP) is 4.34. The van der Waals surface area contributed by atoms with E-state index in [9.17, 15) is 13.2 Å². The summed E-state index contributed by atoms with van der Waals surface area (Å²) in [6.07, 6.45) is 4.35. The number of carbonyl (C=O) groups is 1. The first-order chi connectivity index (χ1) is 11.3. The molecule has 0 unspecified atom stereocenters. The Morgan fingerprint density at radius 3 is 2.38 bits per heavy atom. The highest BCUT2D eigenvalue weighted by atomic mass is 35.5. The molecule has 2 rings (SSSR count). The molecule has 0 bridgehead atoms. The molecule has 0 spiro atoms. The van der Waals surface area contributed by atoms with E-state index in [0.29, 0.717) is 5.69 Å². The van der Waals surface area contributed by atoms with Gasteiger partial charge in [-0.3, -0.25) is 4.79 Å². The van der Waals surface area contributed by atoms with Crippen molar-refractivity contribution in [3.05, 3.63) is 58.6 Å². The molecule has 0 aliphatic carbocycles. The normalized spacial score (nSPS) is 11.3. The Bertz CT molecular complexity index is 830. The highest BCUT2D eigenvalue weighted by Gasteiger charge is 2.15. The Labute approximate surface area is 147 Å². The number of amides is 1. The summed E-state index contributed by atoms with van der Waals surface area (Å²) in [7, 11) is -3.40. The summed E-state index contributed by atoms with van der Waals surface area (Å²) in [6.45, 7) is 2.14. The summed E-state index contributed by atoms with van der Waals surface area (Å²) in [4.78, 5) is 12.4. The lowest BCUT2D eigenvalue weighted by Gasteiger charge is -2.09. The van der Waals surface area contributed by atoms with E-state index in [4.69, 9.17) is 11.6 Å². The fourth-order valence-electron chi connectivity index (χ4n) is 2.24. The number of carbonyl (C=O) groups excluding carboxylic acids is 1. The van der Waals surface area contributed by atoms with E-state index in [1.165, 1.54) is 23.8 Å². The first kappa shape index (κ1) is 18.5. The molecule has 2 aromatic rings. The average molecular weight is 366 g/mol. The molecule has 1 amide bonds. The maximum atomic E-state index is 12.4. The van der Waals surface area contributed by atoms with Crippen LogP contribution < -0.4 is 5.32 Å².